The van der Waals surface area contributed by atoms with E-state index in [1.165, 1.54) is 7.11 Å². The van der Waals surface area contributed by atoms with Crippen LogP contribution in [-0.4, -0.2) is 32.8 Å². The molecule has 0 radical (unpaired) electrons. The van der Waals surface area contributed by atoms with E-state index in [4.69, 9.17) is 4.74 Å². The maximum absolute atomic E-state index is 11.0. The van der Waals surface area contributed by atoms with E-state index in [-0.39, 0.29) is 6.04 Å². The molecule has 0 aromatic heterocycles. The molecular formula is C12H15N3O3. The lowest BCUT2D eigenvalue weighted by molar-refractivity contribution is 0.176. The predicted molar refractivity (Wildman–Crippen MR) is 66.7 cm³/mol. The Hall–Kier alpha value is -2.24. The number of ether oxygens (including phenoxy) is 2. The number of aliphatic imine (C=N–C) groups is 1. The fourth-order valence-corrected chi connectivity index (χ4v) is 1.71. The lowest BCUT2D eigenvalue weighted by Gasteiger charge is -2.07. The fourth-order valence-electron chi connectivity index (χ4n) is 1.71. The fraction of sp³-hybridized carbons (Fsp3) is 0.333. The van der Waals surface area contributed by atoms with Gasteiger partial charge in [-0.1, -0.05) is 12.1 Å². The summed E-state index contributed by atoms with van der Waals surface area (Å²) >= 11 is 0. The summed E-state index contributed by atoms with van der Waals surface area (Å²) < 4.78 is 9.66. The summed E-state index contributed by atoms with van der Waals surface area (Å²) in [6, 6.07) is 7.65. The number of methoxy groups -OCH3 is 2. The molecule has 6 nitrogen and oxygen atoms in total. The zero-order valence-corrected chi connectivity index (χ0v) is 10.3. The molecule has 1 aromatic rings. The average Bonchev–Trinajstić information content (AvgIpc) is 2.87. The van der Waals surface area contributed by atoms with Gasteiger partial charge in [-0.25, -0.2) is 9.79 Å². The summed E-state index contributed by atoms with van der Waals surface area (Å²) in [5.74, 6) is 1.21. The number of alkyl carbamates (subject to hydrolysis) is 1. The van der Waals surface area contributed by atoms with Crippen molar-refractivity contribution in [3.8, 4) is 5.75 Å². The Kier molecular flexibility index (Phi) is 3.66. The van der Waals surface area contributed by atoms with E-state index in [0.29, 0.717) is 12.5 Å². The monoisotopic (exact) mass is 249 g/mol. The predicted octanol–water partition coefficient (Wildman–Crippen LogP) is 1.05. The smallest absolute Gasteiger partial charge is 0.413 e. The van der Waals surface area contributed by atoms with Crippen molar-refractivity contribution in [1.29, 1.82) is 0 Å². The van der Waals surface area contributed by atoms with Crippen molar-refractivity contribution in [2.24, 2.45) is 4.99 Å². The van der Waals surface area contributed by atoms with Crippen molar-refractivity contribution < 1.29 is 14.3 Å². The summed E-state index contributed by atoms with van der Waals surface area (Å²) in [4.78, 5) is 15.4. The number of rotatable bonds is 2. The van der Waals surface area contributed by atoms with Crippen molar-refractivity contribution in [2.45, 2.75) is 6.04 Å². The molecule has 2 rings (SSSR count). The standard InChI is InChI=1S/C12H15N3O3/c1-17-9-5-3-4-8(6-9)10-7-13-11(14-10)15-12(16)18-2/h3-6,10H,7H2,1-2H3,(H2,13,14,15,16). The molecule has 0 saturated carbocycles. The Labute approximate surface area is 105 Å². The van der Waals surface area contributed by atoms with Gasteiger partial charge in [-0.2, -0.15) is 0 Å². The van der Waals surface area contributed by atoms with Gasteiger partial charge in [0.05, 0.1) is 20.3 Å². The minimum Gasteiger partial charge on any atom is -0.497 e. The zero-order chi connectivity index (χ0) is 13.0. The number of nitrogens with zero attached hydrogens (tertiary/aromatic N) is 1. The van der Waals surface area contributed by atoms with E-state index >= 15 is 0 Å². The summed E-state index contributed by atoms with van der Waals surface area (Å²) in [5, 5.41) is 5.51. The second-order valence-electron chi connectivity index (χ2n) is 3.77. The maximum atomic E-state index is 11.0. The van der Waals surface area contributed by atoms with Crippen LogP contribution in [0.15, 0.2) is 29.3 Å². The van der Waals surface area contributed by atoms with Crippen molar-refractivity contribution in [3.63, 3.8) is 0 Å². The molecule has 0 spiro atoms. The average molecular weight is 249 g/mol. The summed E-state index contributed by atoms with van der Waals surface area (Å²) in [6.07, 6.45) is -0.535. The number of carbonyl (C=O) groups excluding carboxylic acids is 1. The Morgan fingerprint density at radius 3 is 3.06 bits per heavy atom. The molecule has 6 heteroatoms. The quantitative estimate of drug-likeness (QED) is 0.821. The second kappa shape index (κ2) is 5.39. The van der Waals surface area contributed by atoms with Crippen molar-refractivity contribution in [1.82, 2.24) is 10.6 Å². The Bertz CT molecular complexity index is 473. The maximum Gasteiger partial charge on any atom is 0.413 e. The van der Waals surface area contributed by atoms with E-state index in [2.05, 4.69) is 20.4 Å². The molecule has 0 saturated heterocycles. The first-order chi connectivity index (χ1) is 8.72. The molecule has 1 heterocycles. The van der Waals surface area contributed by atoms with Gasteiger partial charge >= 0.3 is 6.09 Å². The van der Waals surface area contributed by atoms with Crippen molar-refractivity contribution in [3.05, 3.63) is 29.8 Å². The molecule has 1 aromatic carbocycles. The number of hydrogen-bond acceptors (Lipinski definition) is 5. The van der Waals surface area contributed by atoms with Gasteiger partial charge in [-0.15, -0.1) is 0 Å². The van der Waals surface area contributed by atoms with Gasteiger partial charge in [0.1, 0.15) is 5.75 Å². The highest BCUT2D eigenvalue weighted by Crippen LogP contribution is 2.23. The molecule has 0 aliphatic carbocycles. The Morgan fingerprint density at radius 2 is 2.33 bits per heavy atom. The molecule has 1 aliphatic heterocycles. The highest BCUT2D eigenvalue weighted by molar-refractivity contribution is 5.94. The molecular weight excluding hydrogens is 234 g/mol. The van der Waals surface area contributed by atoms with Crippen LogP contribution < -0.4 is 15.4 Å². The van der Waals surface area contributed by atoms with Gasteiger partial charge in [0.15, 0.2) is 0 Å². The van der Waals surface area contributed by atoms with E-state index < -0.39 is 6.09 Å². The third kappa shape index (κ3) is 2.71. The topological polar surface area (TPSA) is 72.0 Å². The molecule has 0 fully saturated rings. The molecule has 1 aliphatic rings. The van der Waals surface area contributed by atoms with Gasteiger partial charge in [-0.05, 0) is 17.7 Å². The van der Waals surface area contributed by atoms with Crippen LogP contribution in [0, 0.1) is 0 Å². The van der Waals surface area contributed by atoms with Crippen molar-refractivity contribution >= 4 is 12.1 Å². The van der Waals surface area contributed by atoms with Gasteiger partial charge in [-0.3, -0.25) is 5.32 Å². The Morgan fingerprint density at radius 1 is 1.50 bits per heavy atom. The highest BCUT2D eigenvalue weighted by atomic mass is 16.5. The van der Waals surface area contributed by atoms with Crippen LogP contribution in [-0.2, 0) is 4.74 Å². The van der Waals surface area contributed by atoms with Crippen LogP contribution >= 0.6 is 0 Å². The number of amides is 1. The number of nitrogens with one attached hydrogen (secondary N) is 2. The summed E-state index contributed by atoms with van der Waals surface area (Å²) in [7, 11) is 2.93. The van der Waals surface area contributed by atoms with Crippen LogP contribution in [0.4, 0.5) is 4.79 Å². The van der Waals surface area contributed by atoms with Gasteiger partial charge < -0.3 is 14.8 Å². The van der Waals surface area contributed by atoms with Crippen LogP contribution in [0.1, 0.15) is 11.6 Å². The molecule has 96 valence electrons. The lowest BCUT2D eigenvalue weighted by atomic mass is 10.1. The highest BCUT2D eigenvalue weighted by Gasteiger charge is 2.20. The molecule has 18 heavy (non-hydrogen) atoms. The Balaban J connectivity index is 2.08. The van der Waals surface area contributed by atoms with Crippen LogP contribution in [0.5, 0.6) is 5.75 Å². The summed E-state index contributed by atoms with van der Waals surface area (Å²) in [6.45, 7) is 0.631. The third-order valence-electron chi connectivity index (χ3n) is 2.63. The van der Waals surface area contributed by atoms with Crippen LogP contribution in [0.3, 0.4) is 0 Å². The van der Waals surface area contributed by atoms with Crippen molar-refractivity contribution in [2.75, 3.05) is 20.8 Å². The number of hydrogen-bond donors (Lipinski definition) is 2. The summed E-state index contributed by atoms with van der Waals surface area (Å²) in [5.41, 5.74) is 1.03. The van der Waals surface area contributed by atoms with Gasteiger partial charge in [0.2, 0.25) is 5.96 Å². The molecule has 1 amide bonds. The van der Waals surface area contributed by atoms with Crippen LogP contribution in [0.25, 0.3) is 0 Å². The van der Waals surface area contributed by atoms with E-state index in [1.807, 2.05) is 24.3 Å². The molecule has 2 N–H and O–H groups in total. The number of carbonyl (C=O) groups is 1. The largest absolute Gasteiger partial charge is 0.497 e. The minimum absolute atomic E-state index is 0.0349. The normalized spacial score (nSPS) is 17.7. The third-order valence-corrected chi connectivity index (χ3v) is 2.63. The molecule has 1 atom stereocenters. The SMILES string of the molecule is COC(=O)NC1=NC(c2cccc(OC)c2)CN1. The lowest BCUT2D eigenvalue weighted by Crippen LogP contribution is -2.37. The molecule has 1 unspecified atom stereocenters. The molecule has 0 bridgehead atoms. The van der Waals surface area contributed by atoms with Gasteiger partial charge in [0.25, 0.3) is 0 Å². The first-order valence-electron chi connectivity index (χ1n) is 5.53. The van der Waals surface area contributed by atoms with Gasteiger partial charge in [0, 0.05) is 6.54 Å². The first-order valence-corrected chi connectivity index (χ1v) is 5.53. The second-order valence-corrected chi connectivity index (χ2v) is 3.77. The van der Waals surface area contributed by atoms with Crippen LogP contribution in [0.2, 0.25) is 0 Å². The van der Waals surface area contributed by atoms with E-state index in [9.17, 15) is 4.79 Å². The number of benzene rings is 1. The van der Waals surface area contributed by atoms with E-state index in [0.717, 1.165) is 11.3 Å². The zero-order valence-electron chi connectivity index (χ0n) is 10.3. The number of guanidine groups is 1. The minimum atomic E-state index is -0.535. The van der Waals surface area contributed by atoms with E-state index in [1.54, 1.807) is 7.11 Å². The first kappa shape index (κ1) is 12.2.